The van der Waals surface area contributed by atoms with E-state index in [2.05, 4.69) is 0 Å². The van der Waals surface area contributed by atoms with Gasteiger partial charge in [-0.1, -0.05) is 19.3 Å². The van der Waals surface area contributed by atoms with Crippen molar-refractivity contribution < 1.29 is 9.90 Å². The Morgan fingerprint density at radius 1 is 1.47 bits per heavy atom. The maximum atomic E-state index is 11.8. The number of nitrogens with zero attached hydrogens (tertiary/aromatic N) is 1. The van der Waals surface area contributed by atoms with Crippen LogP contribution in [0.15, 0.2) is 0 Å². The predicted octanol–water partition coefficient (Wildman–Crippen LogP) is 0.487. The van der Waals surface area contributed by atoms with Gasteiger partial charge in [0.05, 0.1) is 12.6 Å². The summed E-state index contributed by atoms with van der Waals surface area (Å²) in [5, 5.41) is 8.96. The van der Waals surface area contributed by atoms with E-state index in [4.69, 9.17) is 10.8 Å². The van der Waals surface area contributed by atoms with Crippen molar-refractivity contribution in [2.24, 2.45) is 5.73 Å². The Kier molecular flexibility index (Phi) is 5.05. The van der Waals surface area contributed by atoms with Crippen molar-refractivity contribution in [3.63, 3.8) is 0 Å². The largest absolute Gasteiger partial charge is 0.395 e. The molecule has 0 aromatic rings. The molecule has 15 heavy (non-hydrogen) atoms. The molecule has 3 N–H and O–H groups in total. The highest BCUT2D eigenvalue weighted by Gasteiger charge is 2.26. The summed E-state index contributed by atoms with van der Waals surface area (Å²) in [7, 11) is 0. The van der Waals surface area contributed by atoms with Crippen LogP contribution in [0.25, 0.3) is 0 Å². The van der Waals surface area contributed by atoms with Crippen LogP contribution < -0.4 is 5.73 Å². The van der Waals surface area contributed by atoms with Crippen LogP contribution in [0.3, 0.4) is 0 Å². The summed E-state index contributed by atoms with van der Waals surface area (Å²) in [6.45, 7) is 2.15. The van der Waals surface area contributed by atoms with Crippen LogP contribution >= 0.6 is 0 Å². The van der Waals surface area contributed by atoms with Crippen molar-refractivity contribution in [1.29, 1.82) is 0 Å². The van der Waals surface area contributed by atoms with Crippen molar-refractivity contribution in [3.8, 4) is 0 Å². The van der Waals surface area contributed by atoms with Crippen molar-refractivity contribution >= 4 is 5.91 Å². The Morgan fingerprint density at radius 3 is 2.53 bits per heavy atom. The minimum atomic E-state index is -0.460. The molecule has 4 nitrogen and oxygen atoms in total. The number of carbonyl (C=O) groups excluding carboxylic acids is 1. The lowest BCUT2D eigenvalue weighted by Crippen LogP contribution is -2.49. The lowest BCUT2D eigenvalue weighted by atomic mass is 9.94. The quantitative estimate of drug-likeness (QED) is 0.715. The van der Waals surface area contributed by atoms with E-state index in [1.807, 2.05) is 0 Å². The zero-order valence-corrected chi connectivity index (χ0v) is 9.48. The average molecular weight is 214 g/mol. The fourth-order valence-electron chi connectivity index (χ4n) is 2.23. The van der Waals surface area contributed by atoms with Crippen molar-refractivity contribution in [2.45, 2.75) is 51.1 Å². The molecule has 0 heterocycles. The Hall–Kier alpha value is -0.610. The van der Waals surface area contributed by atoms with E-state index in [0.717, 1.165) is 12.8 Å². The zero-order valence-electron chi connectivity index (χ0n) is 9.48. The van der Waals surface area contributed by atoms with Gasteiger partial charge in [0.2, 0.25) is 5.91 Å². The molecule has 0 radical (unpaired) electrons. The van der Waals surface area contributed by atoms with Crippen LogP contribution in [0, 0.1) is 0 Å². The monoisotopic (exact) mass is 214 g/mol. The van der Waals surface area contributed by atoms with E-state index in [1.165, 1.54) is 19.3 Å². The van der Waals surface area contributed by atoms with Gasteiger partial charge in [-0.15, -0.1) is 0 Å². The molecule has 88 valence electrons. The van der Waals surface area contributed by atoms with Crippen LogP contribution in [-0.2, 0) is 4.79 Å². The molecule has 0 saturated heterocycles. The van der Waals surface area contributed by atoms with Crippen LogP contribution in [0.5, 0.6) is 0 Å². The summed E-state index contributed by atoms with van der Waals surface area (Å²) in [6.07, 6.45) is 5.73. The highest BCUT2D eigenvalue weighted by atomic mass is 16.3. The van der Waals surface area contributed by atoms with Gasteiger partial charge in [-0.3, -0.25) is 4.79 Å². The van der Waals surface area contributed by atoms with E-state index >= 15 is 0 Å². The third-order valence-corrected chi connectivity index (χ3v) is 3.03. The highest BCUT2D eigenvalue weighted by molar-refractivity contribution is 5.81. The molecule has 1 aliphatic carbocycles. The minimum absolute atomic E-state index is 0.0228. The molecular formula is C11H22N2O2. The molecule has 1 rings (SSSR count). The predicted molar refractivity (Wildman–Crippen MR) is 59.3 cm³/mol. The number of hydrogen-bond donors (Lipinski definition) is 2. The number of carbonyl (C=O) groups is 1. The average Bonchev–Trinajstić information content (AvgIpc) is 2.26. The third kappa shape index (κ3) is 3.47. The van der Waals surface area contributed by atoms with Crippen LogP contribution in [0.1, 0.15) is 39.0 Å². The summed E-state index contributed by atoms with van der Waals surface area (Å²) in [5.74, 6) is -0.0315. The topological polar surface area (TPSA) is 66.6 Å². The lowest BCUT2D eigenvalue weighted by Gasteiger charge is -2.35. The maximum absolute atomic E-state index is 11.8. The van der Waals surface area contributed by atoms with Gasteiger partial charge in [0.1, 0.15) is 0 Å². The fourth-order valence-corrected chi connectivity index (χ4v) is 2.23. The molecule has 0 spiro atoms. The van der Waals surface area contributed by atoms with Gasteiger partial charge < -0.3 is 15.7 Å². The Morgan fingerprint density at radius 2 is 2.07 bits per heavy atom. The minimum Gasteiger partial charge on any atom is -0.395 e. The summed E-state index contributed by atoms with van der Waals surface area (Å²) >= 11 is 0. The first-order valence-electron chi connectivity index (χ1n) is 5.83. The molecule has 1 saturated carbocycles. The SMILES string of the molecule is C[C@@H](N)C(=O)N(CCO)C1CCCCC1. The van der Waals surface area contributed by atoms with E-state index in [1.54, 1.807) is 11.8 Å². The first-order valence-corrected chi connectivity index (χ1v) is 5.83. The summed E-state index contributed by atoms with van der Waals surface area (Å²) in [5.41, 5.74) is 5.60. The third-order valence-electron chi connectivity index (χ3n) is 3.03. The number of hydrogen-bond acceptors (Lipinski definition) is 3. The van der Waals surface area contributed by atoms with Crippen LogP contribution in [-0.4, -0.2) is 41.1 Å². The Bertz CT molecular complexity index is 201. The Balaban J connectivity index is 2.58. The maximum Gasteiger partial charge on any atom is 0.239 e. The molecule has 0 aliphatic heterocycles. The molecule has 4 heteroatoms. The van der Waals surface area contributed by atoms with Gasteiger partial charge in [-0.2, -0.15) is 0 Å². The van der Waals surface area contributed by atoms with Crippen molar-refractivity contribution in [3.05, 3.63) is 0 Å². The highest BCUT2D eigenvalue weighted by Crippen LogP contribution is 2.22. The van der Waals surface area contributed by atoms with E-state index in [0.29, 0.717) is 12.6 Å². The zero-order chi connectivity index (χ0) is 11.3. The van der Waals surface area contributed by atoms with Gasteiger partial charge in [-0.05, 0) is 19.8 Å². The van der Waals surface area contributed by atoms with E-state index < -0.39 is 6.04 Å². The molecule has 1 amide bonds. The van der Waals surface area contributed by atoms with Gasteiger partial charge in [0.15, 0.2) is 0 Å². The second kappa shape index (κ2) is 6.08. The smallest absolute Gasteiger partial charge is 0.239 e. The van der Waals surface area contributed by atoms with Crippen molar-refractivity contribution in [2.75, 3.05) is 13.2 Å². The number of rotatable bonds is 4. The summed E-state index contributed by atoms with van der Waals surface area (Å²) < 4.78 is 0. The lowest BCUT2D eigenvalue weighted by molar-refractivity contribution is -0.135. The standard InChI is InChI=1S/C11H22N2O2/c1-9(12)11(15)13(7-8-14)10-5-3-2-4-6-10/h9-10,14H,2-8,12H2,1H3/t9-/m1/s1. The molecule has 0 bridgehead atoms. The number of aliphatic hydroxyl groups excluding tert-OH is 1. The number of aliphatic hydroxyl groups is 1. The number of nitrogens with two attached hydrogens (primary N) is 1. The van der Waals surface area contributed by atoms with Gasteiger partial charge in [-0.25, -0.2) is 0 Å². The van der Waals surface area contributed by atoms with Gasteiger partial charge in [0.25, 0.3) is 0 Å². The molecule has 1 aliphatic rings. The van der Waals surface area contributed by atoms with Crippen LogP contribution in [0.4, 0.5) is 0 Å². The first kappa shape index (κ1) is 12.5. The van der Waals surface area contributed by atoms with E-state index in [9.17, 15) is 4.79 Å². The molecule has 0 aromatic carbocycles. The summed E-state index contributed by atoms with van der Waals surface area (Å²) in [6, 6.07) is -0.164. The van der Waals surface area contributed by atoms with Gasteiger partial charge in [0, 0.05) is 12.6 Å². The van der Waals surface area contributed by atoms with Gasteiger partial charge >= 0.3 is 0 Å². The number of amides is 1. The molecule has 1 fully saturated rings. The molecule has 1 atom stereocenters. The second-order valence-electron chi connectivity index (χ2n) is 4.34. The summed E-state index contributed by atoms with van der Waals surface area (Å²) in [4.78, 5) is 13.6. The fraction of sp³-hybridized carbons (Fsp3) is 0.909. The molecule has 0 aromatic heterocycles. The normalized spacial score (nSPS) is 19.9. The van der Waals surface area contributed by atoms with Crippen molar-refractivity contribution in [1.82, 2.24) is 4.90 Å². The molecule has 0 unspecified atom stereocenters. The Labute approximate surface area is 91.4 Å². The molecular weight excluding hydrogens is 192 g/mol. The van der Waals surface area contributed by atoms with E-state index in [-0.39, 0.29) is 12.5 Å². The first-order chi connectivity index (χ1) is 7.16. The second-order valence-corrected chi connectivity index (χ2v) is 4.34. The van der Waals surface area contributed by atoms with Crippen LogP contribution in [0.2, 0.25) is 0 Å².